The van der Waals surface area contributed by atoms with E-state index in [-0.39, 0.29) is 11.9 Å². The zero-order valence-corrected chi connectivity index (χ0v) is 12.0. The van der Waals surface area contributed by atoms with Crippen molar-refractivity contribution in [1.29, 1.82) is 0 Å². The van der Waals surface area contributed by atoms with Crippen LogP contribution >= 0.6 is 0 Å². The molecule has 0 radical (unpaired) electrons. The van der Waals surface area contributed by atoms with E-state index in [0.29, 0.717) is 0 Å². The van der Waals surface area contributed by atoms with Gasteiger partial charge in [-0.2, -0.15) is 0 Å². The highest BCUT2D eigenvalue weighted by Crippen LogP contribution is 2.02. The van der Waals surface area contributed by atoms with E-state index in [1.54, 1.807) is 0 Å². The Morgan fingerprint density at radius 2 is 1.76 bits per heavy atom. The molecule has 0 spiro atoms. The molecule has 0 rings (SSSR count). The van der Waals surface area contributed by atoms with Gasteiger partial charge in [0.2, 0.25) is 5.91 Å². The van der Waals surface area contributed by atoms with Crippen LogP contribution in [-0.4, -0.2) is 25.0 Å². The first-order valence-corrected chi connectivity index (χ1v) is 7.09. The van der Waals surface area contributed by atoms with Crippen LogP contribution in [0.3, 0.4) is 0 Å². The molecule has 0 aromatic rings. The van der Waals surface area contributed by atoms with Crippen molar-refractivity contribution in [1.82, 2.24) is 10.6 Å². The van der Waals surface area contributed by atoms with Gasteiger partial charge in [0.15, 0.2) is 0 Å². The maximum absolute atomic E-state index is 11.7. The Balaban J connectivity index is 3.47. The minimum Gasteiger partial charge on any atom is -0.355 e. The van der Waals surface area contributed by atoms with Crippen LogP contribution in [0.1, 0.15) is 59.8 Å². The average molecular weight is 242 g/mol. The molecular weight excluding hydrogens is 212 g/mol. The normalized spacial score (nSPS) is 12.8. The summed E-state index contributed by atoms with van der Waals surface area (Å²) < 4.78 is 0. The Bertz CT molecular complexity index is 193. The maximum Gasteiger partial charge on any atom is 0.236 e. The van der Waals surface area contributed by atoms with E-state index in [0.717, 1.165) is 31.8 Å². The molecule has 0 aromatic carbocycles. The lowest BCUT2D eigenvalue weighted by atomic mass is 10.1. The van der Waals surface area contributed by atoms with Gasteiger partial charge in [0.1, 0.15) is 0 Å². The number of hydrogen-bond donors (Lipinski definition) is 2. The van der Waals surface area contributed by atoms with Crippen molar-refractivity contribution >= 4 is 5.91 Å². The number of rotatable bonds is 10. The van der Waals surface area contributed by atoms with Crippen LogP contribution in [0.5, 0.6) is 0 Å². The van der Waals surface area contributed by atoms with E-state index in [1.165, 1.54) is 19.3 Å². The summed E-state index contributed by atoms with van der Waals surface area (Å²) in [7, 11) is 0. The lowest BCUT2D eigenvalue weighted by molar-refractivity contribution is -0.122. The van der Waals surface area contributed by atoms with Gasteiger partial charge in [-0.1, -0.05) is 33.6 Å². The molecule has 0 heterocycles. The third-order valence-electron chi connectivity index (χ3n) is 2.88. The summed E-state index contributed by atoms with van der Waals surface area (Å²) >= 11 is 0. The van der Waals surface area contributed by atoms with Crippen LogP contribution in [0.25, 0.3) is 0 Å². The van der Waals surface area contributed by atoms with E-state index in [9.17, 15) is 4.79 Å². The zero-order chi connectivity index (χ0) is 13.1. The van der Waals surface area contributed by atoms with E-state index in [1.807, 2.05) is 6.92 Å². The SMILES string of the molecule is CCCCCNC(=O)C(C)NCCCC(C)C. The fourth-order valence-electron chi connectivity index (χ4n) is 1.66. The molecule has 0 aliphatic rings. The highest BCUT2D eigenvalue weighted by Gasteiger charge is 2.10. The molecule has 0 fully saturated rings. The molecule has 1 amide bonds. The van der Waals surface area contributed by atoms with E-state index in [2.05, 4.69) is 31.4 Å². The number of unbranched alkanes of at least 4 members (excludes halogenated alkanes) is 2. The second-order valence-corrected chi connectivity index (χ2v) is 5.21. The number of hydrogen-bond acceptors (Lipinski definition) is 2. The minimum absolute atomic E-state index is 0.0659. The van der Waals surface area contributed by atoms with Gasteiger partial charge in [0, 0.05) is 6.54 Å². The molecular formula is C14H30N2O. The van der Waals surface area contributed by atoms with Crippen LogP contribution in [0.2, 0.25) is 0 Å². The van der Waals surface area contributed by atoms with Crippen molar-refractivity contribution in [3.8, 4) is 0 Å². The van der Waals surface area contributed by atoms with Crippen molar-refractivity contribution in [2.75, 3.05) is 13.1 Å². The van der Waals surface area contributed by atoms with Gasteiger partial charge in [0.25, 0.3) is 0 Å². The Morgan fingerprint density at radius 3 is 2.35 bits per heavy atom. The lowest BCUT2D eigenvalue weighted by Crippen LogP contribution is -2.42. The van der Waals surface area contributed by atoms with Gasteiger partial charge in [-0.3, -0.25) is 4.79 Å². The van der Waals surface area contributed by atoms with Crippen LogP contribution in [0.4, 0.5) is 0 Å². The van der Waals surface area contributed by atoms with Gasteiger partial charge in [0.05, 0.1) is 6.04 Å². The Morgan fingerprint density at radius 1 is 1.06 bits per heavy atom. The number of carbonyl (C=O) groups is 1. The van der Waals surface area contributed by atoms with Gasteiger partial charge in [-0.05, 0) is 38.6 Å². The molecule has 17 heavy (non-hydrogen) atoms. The molecule has 0 bridgehead atoms. The zero-order valence-electron chi connectivity index (χ0n) is 12.0. The summed E-state index contributed by atoms with van der Waals surface area (Å²) in [5.41, 5.74) is 0. The highest BCUT2D eigenvalue weighted by atomic mass is 16.2. The first-order chi connectivity index (χ1) is 8.07. The van der Waals surface area contributed by atoms with Crippen LogP contribution < -0.4 is 10.6 Å². The first kappa shape index (κ1) is 16.4. The summed E-state index contributed by atoms with van der Waals surface area (Å²) in [6.45, 7) is 10.3. The third kappa shape index (κ3) is 10.3. The van der Waals surface area contributed by atoms with Crippen molar-refractivity contribution in [3.63, 3.8) is 0 Å². The molecule has 3 nitrogen and oxygen atoms in total. The topological polar surface area (TPSA) is 41.1 Å². The molecule has 1 atom stereocenters. The Hall–Kier alpha value is -0.570. The summed E-state index contributed by atoms with van der Waals surface area (Å²) in [5, 5.41) is 6.23. The Kier molecular flexibility index (Phi) is 10.2. The molecule has 0 saturated heterocycles. The smallest absolute Gasteiger partial charge is 0.236 e. The fourth-order valence-corrected chi connectivity index (χ4v) is 1.66. The molecule has 0 aliphatic heterocycles. The summed E-state index contributed by atoms with van der Waals surface area (Å²) in [4.78, 5) is 11.7. The van der Waals surface area contributed by atoms with Crippen LogP contribution in [0.15, 0.2) is 0 Å². The second kappa shape index (κ2) is 10.6. The minimum atomic E-state index is -0.0659. The van der Waals surface area contributed by atoms with Gasteiger partial charge < -0.3 is 10.6 Å². The lowest BCUT2D eigenvalue weighted by Gasteiger charge is -2.14. The summed E-state index contributed by atoms with van der Waals surface area (Å²) in [6.07, 6.45) is 5.83. The monoisotopic (exact) mass is 242 g/mol. The first-order valence-electron chi connectivity index (χ1n) is 7.09. The number of carbonyl (C=O) groups excluding carboxylic acids is 1. The average Bonchev–Trinajstić information content (AvgIpc) is 2.29. The Labute approximate surface area is 107 Å². The largest absolute Gasteiger partial charge is 0.355 e. The van der Waals surface area contributed by atoms with E-state index >= 15 is 0 Å². The van der Waals surface area contributed by atoms with E-state index in [4.69, 9.17) is 0 Å². The molecule has 0 aromatic heterocycles. The van der Waals surface area contributed by atoms with Crippen LogP contribution in [0, 0.1) is 5.92 Å². The van der Waals surface area contributed by atoms with Crippen molar-refractivity contribution in [2.45, 2.75) is 65.8 Å². The molecule has 1 unspecified atom stereocenters. The third-order valence-corrected chi connectivity index (χ3v) is 2.88. The van der Waals surface area contributed by atoms with Crippen molar-refractivity contribution in [2.24, 2.45) is 5.92 Å². The fraction of sp³-hybridized carbons (Fsp3) is 0.929. The maximum atomic E-state index is 11.7. The van der Waals surface area contributed by atoms with Gasteiger partial charge >= 0.3 is 0 Å². The van der Waals surface area contributed by atoms with Crippen LogP contribution in [-0.2, 0) is 4.79 Å². The number of amides is 1. The quantitative estimate of drug-likeness (QED) is 0.578. The standard InChI is InChI=1S/C14H30N2O/c1-5-6-7-10-16-14(17)13(4)15-11-8-9-12(2)3/h12-13,15H,5-11H2,1-4H3,(H,16,17). The summed E-state index contributed by atoms with van der Waals surface area (Å²) in [6, 6.07) is -0.0659. The van der Waals surface area contributed by atoms with Crippen molar-refractivity contribution < 1.29 is 4.79 Å². The van der Waals surface area contributed by atoms with E-state index < -0.39 is 0 Å². The predicted octanol–water partition coefficient (Wildman–Crippen LogP) is 2.71. The molecule has 0 aliphatic carbocycles. The highest BCUT2D eigenvalue weighted by molar-refractivity contribution is 5.81. The molecule has 3 heteroatoms. The number of nitrogens with one attached hydrogen (secondary N) is 2. The second-order valence-electron chi connectivity index (χ2n) is 5.21. The molecule has 0 saturated carbocycles. The summed E-state index contributed by atoms with van der Waals surface area (Å²) in [5.74, 6) is 0.876. The van der Waals surface area contributed by atoms with Crippen molar-refractivity contribution in [3.05, 3.63) is 0 Å². The van der Waals surface area contributed by atoms with Gasteiger partial charge in [-0.25, -0.2) is 0 Å². The van der Waals surface area contributed by atoms with Gasteiger partial charge in [-0.15, -0.1) is 0 Å². The molecule has 2 N–H and O–H groups in total. The predicted molar refractivity (Wildman–Crippen MR) is 74.1 cm³/mol. The molecule has 102 valence electrons.